The predicted molar refractivity (Wildman–Crippen MR) is 83.9 cm³/mol. The zero-order valence-corrected chi connectivity index (χ0v) is 13.0. The van der Waals surface area contributed by atoms with Gasteiger partial charge in [-0.15, -0.1) is 5.10 Å². The molecule has 0 aliphatic rings. The standard InChI is InChI=1S/C15H15N3O3S/c1-4-12(21-11-8-6-7-10(3)9-11)13(19)16-14-17-18-15(22-14)20-5-2/h2,6-9,12H,4H2,1,3H3,(H,16,17,19). The molecule has 0 aliphatic heterocycles. The number of nitrogens with one attached hydrogen (secondary N) is 1. The number of ether oxygens (including phenoxy) is 2. The average Bonchev–Trinajstić information content (AvgIpc) is 2.92. The smallest absolute Gasteiger partial charge is 0.310 e. The Morgan fingerprint density at radius 3 is 3.00 bits per heavy atom. The third-order valence-electron chi connectivity index (χ3n) is 2.71. The molecule has 1 N–H and O–H groups in total. The highest BCUT2D eigenvalue weighted by molar-refractivity contribution is 7.17. The Hall–Kier alpha value is -2.59. The van der Waals surface area contributed by atoms with Crippen molar-refractivity contribution < 1.29 is 14.3 Å². The Kier molecular flexibility index (Phi) is 5.33. The summed E-state index contributed by atoms with van der Waals surface area (Å²) in [5.41, 5.74) is 1.06. The number of carbonyl (C=O) groups excluding carboxylic acids is 1. The van der Waals surface area contributed by atoms with Crippen LogP contribution in [0, 0.1) is 19.5 Å². The zero-order valence-electron chi connectivity index (χ0n) is 12.2. The van der Waals surface area contributed by atoms with E-state index in [-0.39, 0.29) is 11.1 Å². The lowest BCUT2D eigenvalue weighted by Crippen LogP contribution is -2.32. The first kappa shape index (κ1) is 15.8. The summed E-state index contributed by atoms with van der Waals surface area (Å²) < 4.78 is 10.5. The van der Waals surface area contributed by atoms with E-state index < -0.39 is 6.10 Å². The molecule has 0 bridgehead atoms. The van der Waals surface area contributed by atoms with Gasteiger partial charge in [-0.3, -0.25) is 10.1 Å². The number of aromatic nitrogens is 2. The van der Waals surface area contributed by atoms with E-state index in [1.54, 1.807) is 0 Å². The lowest BCUT2D eigenvalue weighted by Gasteiger charge is -2.16. The molecule has 1 heterocycles. The van der Waals surface area contributed by atoms with Crippen molar-refractivity contribution in [3.8, 4) is 23.5 Å². The number of carbonyl (C=O) groups is 1. The number of hydrogen-bond donors (Lipinski definition) is 1. The van der Waals surface area contributed by atoms with Crippen LogP contribution in [0.1, 0.15) is 18.9 Å². The molecule has 114 valence electrons. The fourth-order valence-electron chi connectivity index (χ4n) is 1.71. The molecule has 22 heavy (non-hydrogen) atoms. The highest BCUT2D eigenvalue weighted by Gasteiger charge is 2.20. The van der Waals surface area contributed by atoms with Crippen LogP contribution in [0.5, 0.6) is 10.9 Å². The Labute approximate surface area is 132 Å². The van der Waals surface area contributed by atoms with Gasteiger partial charge in [0.15, 0.2) is 6.10 Å². The van der Waals surface area contributed by atoms with Gasteiger partial charge in [-0.1, -0.05) is 30.6 Å². The predicted octanol–water partition coefficient (Wildman–Crippen LogP) is 2.61. The highest BCUT2D eigenvalue weighted by atomic mass is 32.1. The molecule has 7 heteroatoms. The third kappa shape index (κ3) is 4.20. The minimum absolute atomic E-state index is 0.199. The number of rotatable bonds is 6. The van der Waals surface area contributed by atoms with E-state index in [0.717, 1.165) is 16.9 Å². The maximum atomic E-state index is 12.2. The van der Waals surface area contributed by atoms with E-state index in [9.17, 15) is 4.79 Å². The number of benzene rings is 1. The largest absolute Gasteiger partial charge is 0.481 e. The van der Waals surface area contributed by atoms with E-state index in [0.29, 0.717) is 17.3 Å². The molecular weight excluding hydrogens is 302 g/mol. The van der Waals surface area contributed by atoms with Crippen LogP contribution in [0.3, 0.4) is 0 Å². The van der Waals surface area contributed by atoms with Crippen LogP contribution >= 0.6 is 11.3 Å². The zero-order chi connectivity index (χ0) is 15.9. The van der Waals surface area contributed by atoms with Gasteiger partial charge in [0, 0.05) is 0 Å². The van der Waals surface area contributed by atoms with Gasteiger partial charge >= 0.3 is 5.19 Å². The van der Waals surface area contributed by atoms with Crippen molar-refractivity contribution in [2.24, 2.45) is 0 Å². The molecule has 0 fully saturated rings. The number of aryl methyl sites for hydroxylation is 1. The summed E-state index contributed by atoms with van der Waals surface area (Å²) in [6, 6.07) is 7.53. The Bertz CT molecular complexity index is 693. The normalized spacial score (nSPS) is 11.3. The lowest BCUT2D eigenvalue weighted by atomic mass is 10.2. The Morgan fingerprint density at radius 1 is 1.50 bits per heavy atom. The van der Waals surface area contributed by atoms with Crippen LogP contribution < -0.4 is 14.8 Å². The molecule has 2 rings (SSSR count). The van der Waals surface area contributed by atoms with Gasteiger partial charge < -0.3 is 9.47 Å². The Balaban J connectivity index is 2.00. The van der Waals surface area contributed by atoms with Crippen LogP contribution in [-0.4, -0.2) is 22.2 Å². The lowest BCUT2D eigenvalue weighted by molar-refractivity contribution is -0.122. The maximum absolute atomic E-state index is 12.2. The molecule has 1 unspecified atom stereocenters. The van der Waals surface area contributed by atoms with Gasteiger partial charge in [0.25, 0.3) is 5.91 Å². The van der Waals surface area contributed by atoms with Gasteiger partial charge in [-0.2, -0.15) is 0 Å². The molecule has 1 atom stereocenters. The first-order chi connectivity index (χ1) is 10.6. The number of anilines is 1. The van der Waals surface area contributed by atoms with Crippen LogP contribution in [0.2, 0.25) is 0 Å². The van der Waals surface area contributed by atoms with E-state index in [1.807, 2.05) is 44.2 Å². The first-order valence-corrected chi connectivity index (χ1v) is 7.44. The number of terminal acetylenes is 1. The molecular formula is C15H15N3O3S. The van der Waals surface area contributed by atoms with E-state index in [4.69, 9.17) is 15.9 Å². The molecule has 0 aliphatic carbocycles. The summed E-state index contributed by atoms with van der Waals surface area (Å²) >= 11 is 1.05. The number of hydrogen-bond acceptors (Lipinski definition) is 6. The Morgan fingerprint density at radius 2 is 2.32 bits per heavy atom. The van der Waals surface area contributed by atoms with Crippen molar-refractivity contribution >= 4 is 22.4 Å². The number of amides is 1. The third-order valence-corrected chi connectivity index (χ3v) is 3.43. The SMILES string of the molecule is C#COc1nnc(NC(=O)C(CC)Oc2cccc(C)c2)s1. The maximum Gasteiger partial charge on any atom is 0.310 e. The molecule has 0 saturated heterocycles. The average molecular weight is 317 g/mol. The fourth-order valence-corrected chi connectivity index (χ4v) is 2.28. The molecule has 1 amide bonds. The van der Waals surface area contributed by atoms with Crippen LogP contribution in [0.25, 0.3) is 0 Å². The summed E-state index contributed by atoms with van der Waals surface area (Å²) in [5.74, 6) is 0.350. The van der Waals surface area contributed by atoms with Crippen molar-refractivity contribution in [1.29, 1.82) is 0 Å². The van der Waals surface area contributed by atoms with Crippen LogP contribution in [0.4, 0.5) is 5.13 Å². The highest BCUT2D eigenvalue weighted by Crippen LogP contribution is 2.23. The minimum atomic E-state index is -0.622. The van der Waals surface area contributed by atoms with E-state index in [2.05, 4.69) is 15.5 Å². The van der Waals surface area contributed by atoms with E-state index in [1.165, 1.54) is 0 Å². The van der Waals surface area contributed by atoms with Crippen molar-refractivity contribution in [3.63, 3.8) is 0 Å². The summed E-state index contributed by atoms with van der Waals surface area (Å²) in [6.45, 7) is 3.83. The second kappa shape index (κ2) is 7.43. The topological polar surface area (TPSA) is 73.3 Å². The van der Waals surface area contributed by atoms with Gasteiger partial charge in [0.1, 0.15) is 11.9 Å². The monoisotopic (exact) mass is 317 g/mol. The fraction of sp³-hybridized carbons (Fsp3) is 0.267. The summed E-state index contributed by atoms with van der Waals surface area (Å²) in [6.07, 6.45) is 6.89. The minimum Gasteiger partial charge on any atom is -0.481 e. The summed E-state index contributed by atoms with van der Waals surface area (Å²) in [4.78, 5) is 12.2. The molecule has 0 spiro atoms. The van der Waals surface area contributed by atoms with Gasteiger partial charge in [0.05, 0.1) is 0 Å². The molecule has 0 saturated carbocycles. The summed E-state index contributed by atoms with van der Waals surface area (Å²) in [5, 5.41) is 10.6. The van der Waals surface area contributed by atoms with Gasteiger partial charge in [-0.25, -0.2) is 0 Å². The molecule has 0 radical (unpaired) electrons. The van der Waals surface area contributed by atoms with E-state index >= 15 is 0 Å². The summed E-state index contributed by atoms with van der Waals surface area (Å²) in [7, 11) is 0. The molecule has 1 aromatic carbocycles. The first-order valence-electron chi connectivity index (χ1n) is 6.62. The van der Waals surface area contributed by atoms with Crippen molar-refractivity contribution in [2.75, 3.05) is 5.32 Å². The van der Waals surface area contributed by atoms with Crippen molar-refractivity contribution in [1.82, 2.24) is 10.2 Å². The van der Waals surface area contributed by atoms with Crippen molar-refractivity contribution in [3.05, 3.63) is 29.8 Å². The van der Waals surface area contributed by atoms with Crippen molar-refractivity contribution in [2.45, 2.75) is 26.4 Å². The second-order valence-corrected chi connectivity index (χ2v) is 5.35. The molecule has 6 nitrogen and oxygen atoms in total. The van der Waals surface area contributed by atoms with Gasteiger partial charge in [-0.05, 0) is 42.4 Å². The van der Waals surface area contributed by atoms with Crippen LogP contribution in [-0.2, 0) is 4.79 Å². The number of nitrogens with zero attached hydrogens (tertiary/aromatic N) is 2. The van der Waals surface area contributed by atoms with Gasteiger partial charge in [0.2, 0.25) is 5.13 Å². The quantitative estimate of drug-likeness (QED) is 0.829. The molecule has 2 aromatic rings. The molecule has 1 aromatic heterocycles. The second-order valence-electron chi connectivity index (χ2n) is 4.41. The van der Waals surface area contributed by atoms with Crippen LogP contribution in [0.15, 0.2) is 24.3 Å².